The van der Waals surface area contributed by atoms with E-state index in [-0.39, 0.29) is 12.3 Å². The third-order valence-electron chi connectivity index (χ3n) is 5.26. The van der Waals surface area contributed by atoms with Gasteiger partial charge in [0.15, 0.2) is 0 Å². The molecule has 0 heterocycles. The van der Waals surface area contributed by atoms with E-state index in [0.717, 1.165) is 12.8 Å². The standard InChI is InChI=1S/C23H45NO3S/c1-2-3-4-5-6-7-8-9-10-11-12-13-14-15-16-17-18-21(23(26)27)28-20-19-22(24)25/h21H,2-20H2,1H3,(H2,24,25)(H,26,27). The zero-order valence-electron chi connectivity index (χ0n) is 18.3. The van der Waals surface area contributed by atoms with Gasteiger partial charge in [0, 0.05) is 12.2 Å². The largest absolute Gasteiger partial charge is 0.480 e. The molecule has 28 heavy (non-hydrogen) atoms. The van der Waals surface area contributed by atoms with Crippen LogP contribution >= 0.6 is 11.8 Å². The van der Waals surface area contributed by atoms with Gasteiger partial charge in [-0.25, -0.2) is 0 Å². The van der Waals surface area contributed by atoms with Crippen LogP contribution in [0.15, 0.2) is 0 Å². The Balaban J connectivity index is 3.33. The number of aliphatic carboxylic acids is 1. The average molecular weight is 416 g/mol. The molecule has 0 saturated carbocycles. The lowest BCUT2D eigenvalue weighted by molar-refractivity contribution is -0.136. The normalized spacial score (nSPS) is 12.2. The maximum Gasteiger partial charge on any atom is 0.316 e. The first kappa shape index (κ1) is 27.3. The van der Waals surface area contributed by atoms with Crippen LogP contribution in [0.25, 0.3) is 0 Å². The lowest BCUT2D eigenvalue weighted by Gasteiger charge is -2.11. The summed E-state index contributed by atoms with van der Waals surface area (Å²) in [6.07, 6.45) is 22.1. The minimum absolute atomic E-state index is 0.257. The Hall–Kier alpha value is -0.710. The molecule has 166 valence electrons. The van der Waals surface area contributed by atoms with Gasteiger partial charge in [0.2, 0.25) is 5.91 Å². The third kappa shape index (κ3) is 20.0. The molecule has 0 aromatic carbocycles. The summed E-state index contributed by atoms with van der Waals surface area (Å²) in [5, 5.41) is 8.83. The summed E-state index contributed by atoms with van der Waals surface area (Å²) < 4.78 is 0. The van der Waals surface area contributed by atoms with Crippen LogP contribution in [-0.4, -0.2) is 28.0 Å². The van der Waals surface area contributed by atoms with Crippen molar-refractivity contribution in [1.29, 1.82) is 0 Å². The van der Waals surface area contributed by atoms with Gasteiger partial charge >= 0.3 is 5.97 Å². The van der Waals surface area contributed by atoms with Gasteiger partial charge in [-0.2, -0.15) is 0 Å². The van der Waals surface area contributed by atoms with Crippen molar-refractivity contribution in [3.8, 4) is 0 Å². The Morgan fingerprint density at radius 3 is 1.50 bits per heavy atom. The second-order valence-electron chi connectivity index (χ2n) is 8.01. The molecule has 0 aliphatic rings. The molecule has 1 amide bonds. The van der Waals surface area contributed by atoms with E-state index in [1.54, 1.807) is 0 Å². The van der Waals surface area contributed by atoms with Crippen LogP contribution in [0.1, 0.15) is 122 Å². The van der Waals surface area contributed by atoms with Gasteiger partial charge < -0.3 is 10.8 Å². The Kier molecular flexibility index (Phi) is 20.5. The molecule has 0 radical (unpaired) electrons. The van der Waals surface area contributed by atoms with Crippen molar-refractivity contribution in [1.82, 2.24) is 0 Å². The fourth-order valence-electron chi connectivity index (χ4n) is 3.46. The van der Waals surface area contributed by atoms with E-state index in [1.807, 2.05) is 0 Å². The monoisotopic (exact) mass is 415 g/mol. The maximum atomic E-state index is 11.2. The summed E-state index contributed by atoms with van der Waals surface area (Å²) in [5.41, 5.74) is 5.10. The zero-order chi connectivity index (χ0) is 20.9. The van der Waals surface area contributed by atoms with Gasteiger partial charge in [-0.3, -0.25) is 9.59 Å². The summed E-state index contributed by atoms with van der Waals surface area (Å²) in [7, 11) is 0. The number of amides is 1. The van der Waals surface area contributed by atoms with E-state index in [1.165, 1.54) is 102 Å². The highest BCUT2D eigenvalue weighted by Crippen LogP contribution is 2.20. The molecule has 0 aromatic heterocycles. The topological polar surface area (TPSA) is 80.4 Å². The van der Waals surface area contributed by atoms with E-state index < -0.39 is 11.2 Å². The quantitative estimate of drug-likeness (QED) is 0.193. The molecule has 1 atom stereocenters. The maximum absolute atomic E-state index is 11.2. The summed E-state index contributed by atoms with van der Waals surface area (Å²) in [6, 6.07) is 0. The highest BCUT2D eigenvalue weighted by Gasteiger charge is 2.17. The van der Waals surface area contributed by atoms with Crippen LogP contribution in [0.3, 0.4) is 0 Å². The highest BCUT2D eigenvalue weighted by atomic mass is 32.2. The molecule has 1 unspecified atom stereocenters. The Bertz CT molecular complexity index is 377. The number of carbonyl (C=O) groups excluding carboxylic acids is 1. The number of hydrogen-bond donors (Lipinski definition) is 2. The van der Waals surface area contributed by atoms with Gasteiger partial charge in [0.25, 0.3) is 0 Å². The van der Waals surface area contributed by atoms with E-state index in [4.69, 9.17) is 5.73 Å². The molecule has 0 aromatic rings. The average Bonchev–Trinajstić information content (AvgIpc) is 2.65. The van der Waals surface area contributed by atoms with E-state index >= 15 is 0 Å². The number of rotatable bonds is 22. The lowest BCUT2D eigenvalue weighted by Crippen LogP contribution is -2.18. The van der Waals surface area contributed by atoms with Crippen LogP contribution < -0.4 is 5.73 Å². The second kappa shape index (κ2) is 21.0. The van der Waals surface area contributed by atoms with Crippen LogP contribution in [0.5, 0.6) is 0 Å². The molecule has 0 rings (SSSR count). The molecule has 0 bridgehead atoms. The van der Waals surface area contributed by atoms with Crippen LogP contribution in [-0.2, 0) is 9.59 Å². The molecular weight excluding hydrogens is 370 g/mol. The molecule has 0 aliphatic heterocycles. The highest BCUT2D eigenvalue weighted by molar-refractivity contribution is 8.00. The van der Waals surface area contributed by atoms with Crippen molar-refractivity contribution in [3.63, 3.8) is 0 Å². The molecule has 3 N–H and O–H groups in total. The van der Waals surface area contributed by atoms with Crippen molar-refractivity contribution < 1.29 is 14.7 Å². The second-order valence-corrected chi connectivity index (χ2v) is 9.32. The first-order chi connectivity index (χ1) is 13.6. The Morgan fingerprint density at radius 1 is 0.750 bits per heavy atom. The van der Waals surface area contributed by atoms with Gasteiger partial charge in [-0.05, 0) is 6.42 Å². The van der Waals surface area contributed by atoms with E-state index in [0.29, 0.717) is 12.2 Å². The van der Waals surface area contributed by atoms with Gasteiger partial charge in [-0.15, -0.1) is 11.8 Å². The fourth-order valence-corrected chi connectivity index (χ4v) is 4.54. The van der Waals surface area contributed by atoms with Gasteiger partial charge in [-0.1, -0.05) is 110 Å². The summed E-state index contributed by atoms with van der Waals surface area (Å²) in [4.78, 5) is 22.0. The number of nitrogens with two attached hydrogens (primary N) is 1. The fraction of sp³-hybridized carbons (Fsp3) is 0.913. The lowest BCUT2D eigenvalue weighted by atomic mass is 10.0. The summed E-state index contributed by atoms with van der Waals surface area (Å²) in [5.74, 6) is -0.625. The number of hydrogen-bond acceptors (Lipinski definition) is 3. The number of thioether (sulfide) groups is 1. The number of primary amides is 1. The number of unbranched alkanes of at least 4 members (excludes halogenated alkanes) is 15. The van der Waals surface area contributed by atoms with Crippen LogP contribution in [0, 0.1) is 0 Å². The van der Waals surface area contributed by atoms with Gasteiger partial charge in [0.05, 0.1) is 0 Å². The Morgan fingerprint density at radius 2 is 1.14 bits per heavy atom. The van der Waals surface area contributed by atoms with Crippen molar-refractivity contribution in [2.45, 2.75) is 128 Å². The third-order valence-corrected chi connectivity index (χ3v) is 6.54. The summed E-state index contributed by atoms with van der Waals surface area (Å²) in [6.45, 7) is 2.27. The molecule has 0 spiro atoms. The molecule has 4 nitrogen and oxygen atoms in total. The smallest absolute Gasteiger partial charge is 0.316 e. The molecule has 5 heteroatoms. The predicted molar refractivity (Wildman–Crippen MR) is 122 cm³/mol. The summed E-state index contributed by atoms with van der Waals surface area (Å²) >= 11 is 1.35. The predicted octanol–water partition coefficient (Wildman–Crippen LogP) is 6.70. The number of carboxylic acids is 1. The number of carbonyl (C=O) groups is 2. The van der Waals surface area contributed by atoms with Crippen LogP contribution in [0.4, 0.5) is 0 Å². The molecule has 0 aliphatic carbocycles. The van der Waals surface area contributed by atoms with Crippen molar-refractivity contribution in [2.75, 3.05) is 5.75 Å². The van der Waals surface area contributed by atoms with Crippen molar-refractivity contribution >= 4 is 23.6 Å². The zero-order valence-corrected chi connectivity index (χ0v) is 19.1. The van der Waals surface area contributed by atoms with Crippen molar-refractivity contribution in [3.05, 3.63) is 0 Å². The first-order valence-corrected chi connectivity index (χ1v) is 12.8. The minimum atomic E-state index is -0.768. The molecular formula is C23H45NO3S. The molecule has 0 fully saturated rings. The Labute approximate surface area is 177 Å². The minimum Gasteiger partial charge on any atom is -0.480 e. The van der Waals surface area contributed by atoms with Gasteiger partial charge in [0.1, 0.15) is 5.25 Å². The van der Waals surface area contributed by atoms with Crippen LogP contribution in [0.2, 0.25) is 0 Å². The molecule has 0 saturated heterocycles. The number of carboxylic acid groups (broad SMARTS) is 1. The van der Waals surface area contributed by atoms with E-state index in [2.05, 4.69) is 6.92 Å². The SMILES string of the molecule is CCCCCCCCCCCCCCCCCCC(SCCC(N)=O)C(=O)O. The first-order valence-electron chi connectivity index (χ1n) is 11.7. The van der Waals surface area contributed by atoms with Crippen molar-refractivity contribution in [2.24, 2.45) is 5.73 Å². The van der Waals surface area contributed by atoms with E-state index in [9.17, 15) is 14.7 Å².